The largest absolute Gasteiger partial charge is 0.444 e. The minimum absolute atomic E-state index is 0.194. The van der Waals surface area contributed by atoms with Crippen molar-refractivity contribution in [3.05, 3.63) is 24.3 Å². The van der Waals surface area contributed by atoms with Gasteiger partial charge in [-0.05, 0) is 32.9 Å². The molecule has 1 unspecified atom stereocenters. The Kier molecular flexibility index (Phi) is 4.57. The summed E-state index contributed by atoms with van der Waals surface area (Å²) < 4.78 is 25.1. The number of para-hydroxylation sites is 1. The van der Waals surface area contributed by atoms with E-state index in [4.69, 9.17) is 9.52 Å². The Bertz CT molecular complexity index is 559. The predicted octanol–water partition coefficient (Wildman–Crippen LogP) is 3.46. The number of benzene rings is 1. The molecule has 0 aliphatic carbocycles. The lowest BCUT2D eigenvalue weighted by Gasteiger charge is -2.20. The minimum Gasteiger partial charge on any atom is -0.444 e. The number of ether oxygens (including phenoxy) is 1. The van der Waals surface area contributed by atoms with Crippen LogP contribution >= 0.6 is 0 Å². The molecule has 1 amide bonds. The van der Waals surface area contributed by atoms with Crippen molar-refractivity contribution in [2.45, 2.75) is 38.2 Å². The van der Waals surface area contributed by atoms with Crippen LogP contribution in [-0.2, 0) is 14.5 Å². The van der Waals surface area contributed by atoms with Crippen LogP contribution in [0.2, 0.25) is 0 Å². The summed E-state index contributed by atoms with van der Waals surface area (Å²) in [5.41, 5.74) is -0.245. The SMILES string of the molecule is CCS(=N)(=O)c1ccccc1NC(=O)OC(C)(C)C. The molecule has 0 saturated heterocycles. The molecule has 6 heteroatoms. The zero-order valence-corrected chi connectivity index (χ0v) is 12.5. The monoisotopic (exact) mass is 284 g/mol. The second-order valence-corrected chi connectivity index (χ2v) is 7.45. The van der Waals surface area contributed by atoms with Crippen molar-refractivity contribution in [1.29, 1.82) is 4.78 Å². The smallest absolute Gasteiger partial charge is 0.412 e. The van der Waals surface area contributed by atoms with Crippen molar-refractivity contribution in [3.63, 3.8) is 0 Å². The average molecular weight is 284 g/mol. The first-order valence-electron chi connectivity index (χ1n) is 6.01. The molecule has 0 heterocycles. The van der Waals surface area contributed by atoms with Gasteiger partial charge in [-0.1, -0.05) is 19.1 Å². The van der Waals surface area contributed by atoms with Gasteiger partial charge in [0.25, 0.3) is 0 Å². The van der Waals surface area contributed by atoms with Crippen LogP contribution in [0.3, 0.4) is 0 Å². The highest BCUT2D eigenvalue weighted by Gasteiger charge is 2.19. The molecule has 1 atom stereocenters. The molecule has 106 valence electrons. The van der Waals surface area contributed by atoms with Crippen molar-refractivity contribution in [2.75, 3.05) is 11.1 Å². The third kappa shape index (κ3) is 4.55. The van der Waals surface area contributed by atoms with E-state index < -0.39 is 21.4 Å². The lowest BCUT2D eigenvalue weighted by Crippen LogP contribution is -2.27. The van der Waals surface area contributed by atoms with E-state index in [1.165, 1.54) is 0 Å². The fraction of sp³-hybridized carbons (Fsp3) is 0.462. The molecular formula is C13H20N2O3S. The molecule has 0 fully saturated rings. The lowest BCUT2D eigenvalue weighted by molar-refractivity contribution is 0.0635. The Labute approximate surface area is 114 Å². The molecule has 0 saturated carbocycles. The fourth-order valence-electron chi connectivity index (χ4n) is 1.43. The van der Waals surface area contributed by atoms with Crippen LogP contribution in [-0.4, -0.2) is 21.7 Å². The molecule has 1 aromatic carbocycles. The van der Waals surface area contributed by atoms with Gasteiger partial charge in [-0.3, -0.25) is 5.32 Å². The number of hydrogen-bond acceptors (Lipinski definition) is 4. The molecule has 2 N–H and O–H groups in total. The minimum atomic E-state index is -2.89. The van der Waals surface area contributed by atoms with E-state index in [0.29, 0.717) is 10.6 Å². The number of nitrogens with one attached hydrogen (secondary N) is 2. The highest BCUT2D eigenvalue weighted by atomic mass is 32.2. The van der Waals surface area contributed by atoms with E-state index in [9.17, 15) is 9.00 Å². The first kappa shape index (κ1) is 15.5. The van der Waals surface area contributed by atoms with Gasteiger partial charge in [0.2, 0.25) is 0 Å². The molecule has 1 aromatic rings. The average Bonchev–Trinajstić information content (AvgIpc) is 2.27. The fourth-order valence-corrected chi connectivity index (χ4v) is 2.51. The summed E-state index contributed by atoms with van der Waals surface area (Å²) in [6, 6.07) is 6.61. The summed E-state index contributed by atoms with van der Waals surface area (Å²) in [5.74, 6) is 0.194. The van der Waals surface area contributed by atoms with Crippen LogP contribution in [0.25, 0.3) is 0 Å². The zero-order chi connectivity index (χ0) is 14.7. The van der Waals surface area contributed by atoms with Gasteiger partial charge in [-0.25, -0.2) is 13.8 Å². The predicted molar refractivity (Wildman–Crippen MR) is 76.0 cm³/mol. The first-order valence-corrected chi connectivity index (χ1v) is 7.74. The number of amides is 1. The van der Waals surface area contributed by atoms with Gasteiger partial charge >= 0.3 is 6.09 Å². The maximum Gasteiger partial charge on any atom is 0.412 e. The van der Waals surface area contributed by atoms with Crippen LogP contribution in [0.5, 0.6) is 0 Å². The van der Waals surface area contributed by atoms with Crippen molar-refractivity contribution in [2.24, 2.45) is 0 Å². The third-order valence-corrected chi connectivity index (χ3v) is 4.16. The van der Waals surface area contributed by atoms with Crippen molar-refractivity contribution < 1.29 is 13.7 Å². The number of hydrogen-bond donors (Lipinski definition) is 2. The zero-order valence-electron chi connectivity index (χ0n) is 11.6. The molecule has 0 radical (unpaired) electrons. The number of carbonyl (C=O) groups excluding carboxylic acids is 1. The molecule has 0 aliphatic heterocycles. The van der Waals surface area contributed by atoms with Gasteiger partial charge in [0, 0.05) is 5.75 Å². The Morgan fingerprint density at radius 3 is 2.47 bits per heavy atom. The van der Waals surface area contributed by atoms with Gasteiger partial charge in [-0.15, -0.1) is 0 Å². The van der Waals surface area contributed by atoms with E-state index in [-0.39, 0.29) is 5.75 Å². The van der Waals surface area contributed by atoms with Crippen LogP contribution < -0.4 is 5.32 Å². The van der Waals surface area contributed by atoms with E-state index in [1.807, 2.05) is 0 Å². The Morgan fingerprint density at radius 1 is 1.37 bits per heavy atom. The maximum atomic E-state index is 12.1. The molecule has 0 spiro atoms. The van der Waals surface area contributed by atoms with Crippen molar-refractivity contribution in [3.8, 4) is 0 Å². The van der Waals surface area contributed by atoms with Crippen molar-refractivity contribution >= 4 is 21.5 Å². The van der Waals surface area contributed by atoms with E-state index >= 15 is 0 Å². The summed E-state index contributed by atoms with van der Waals surface area (Å²) >= 11 is 0. The summed E-state index contributed by atoms with van der Waals surface area (Å²) in [6.45, 7) is 6.97. The number of carbonyl (C=O) groups is 1. The summed E-state index contributed by atoms with van der Waals surface area (Å²) in [5, 5.41) is 2.55. The Balaban J connectivity index is 3.00. The van der Waals surface area contributed by atoms with Gasteiger partial charge in [0.15, 0.2) is 0 Å². The van der Waals surface area contributed by atoms with Gasteiger partial charge in [0.1, 0.15) is 5.60 Å². The summed E-state index contributed by atoms with van der Waals surface area (Å²) in [6.07, 6.45) is -0.619. The standard InChI is InChI=1S/C13H20N2O3S/c1-5-19(14,17)11-9-7-6-8-10(11)15-12(16)18-13(2,3)4/h6-9,14H,5H2,1-4H3,(H,15,16). The van der Waals surface area contributed by atoms with Crippen molar-refractivity contribution in [1.82, 2.24) is 0 Å². The van der Waals surface area contributed by atoms with Crippen LogP contribution in [0.1, 0.15) is 27.7 Å². The lowest BCUT2D eigenvalue weighted by atomic mass is 10.2. The normalized spacial score (nSPS) is 14.5. The summed E-state index contributed by atoms with van der Waals surface area (Å²) in [7, 11) is -2.89. The molecular weight excluding hydrogens is 264 g/mol. The molecule has 0 aliphatic rings. The second-order valence-electron chi connectivity index (χ2n) is 5.09. The molecule has 1 rings (SSSR count). The molecule has 0 bridgehead atoms. The maximum absolute atomic E-state index is 12.1. The highest BCUT2D eigenvalue weighted by Crippen LogP contribution is 2.23. The van der Waals surface area contributed by atoms with Crippen LogP contribution in [0.15, 0.2) is 29.2 Å². The Morgan fingerprint density at radius 2 is 1.95 bits per heavy atom. The second kappa shape index (κ2) is 5.61. The highest BCUT2D eigenvalue weighted by molar-refractivity contribution is 7.92. The van der Waals surface area contributed by atoms with E-state index in [0.717, 1.165) is 0 Å². The number of rotatable bonds is 3. The third-order valence-electron chi connectivity index (χ3n) is 2.28. The number of anilines is 1. The molecule has 0 aromatic heterocycles. The Hall–Kier alpha value is -1.56. The first-order chi connectivity index (χ1) is 8.65. The summed E-state index contributed by atoms with van der Waals surface area (Å²) in [4.78, 5) is 12.0. The van der Waals surface area contributed by atoms with Crippen LogP contribution in [0, 0.1) is 4.78 Å². The molecule has 19 heavy (non-hydrogen) atoms. The van der Waals surface area contributed by atoms with Crippen LogP contribution in [0.4, 0.5) is 10.5 Å². The quantitative estimate of drug-likeness (QED) is 0.892. The molecule has 5 nitrogen and oxygen atoms in total. The van der Waals surface area contributed by atoms with E-state index in [1.54, 1.807) is 52.0 Å². The van der Waals surface area contributed by atoms with Gasteiger partial charge in [0.05, 0.1) is 20.3 Å². The topological polar surface area (TPSA) is 79.3 Å². The van der Waals surface area contributed by atoms with Gasteiger partial charge < -0.3 is 4.74 Å². The van der Waals surface area contributed by atoms with Gasteiger partial charge in [-0.2, -0.15) is 0 Å². The van der Waals surface area contributed by atoms with E-state index in [2.05, 4.69) is 5.32 Å².